The Morgan fingerprint density at radius 3 is 2.56 bits per heavy atom. The third-order valence-corrected chi connectivity index (χ3v) is 4.18. The third-order valence-electron chi connectivity index (χ3n) is 4.18. The minimum atomic E-state index is -1.08. The molecular weight excluding hydrogens is 352 g/mol. The molecular formula is C19H20N2O6. The minimum Gasteiger partial charge on any atom is -0.496 e. The molecule has 27 heavy (non-hydrogen) atoms. The Bertz CT molecular complexity index is 865. The van der Waals surface area contributed by atoms with E-state index >= 15 is 0 Å². The van der Waals surface area contributed by atoms with Gasteiger partial charge >= 0.3 is 5.97 Å². The van der Waals surface area contributed by atoms with Gasteiger partial charge < -0.3 is 15.2 Å². The van der Waals surface area contributed by atoms with E-state index in [-0.39, 0.29) is 24.2 Å². The quantitative estimate of drug-likeness (QED) is 0.543. The van der Waals surface area contributed by atoms with E-state index in [0.717, 1.165) is 0 Å². The van der Waals surface area contributed by atoms with Gasteiger partial charge in [-0.2, -0.15) is 0 Å². The number of aliphatic carboxylic acids is 1. The van der Waals surface area contributed by atoms with Crippen LogP contribution in [0.2, 0.25) is 0 Å². The summed E-state index contributed by atoms with van der Waals surface area (Å²) in [6, 6.07) is 11.4. The predicted molar refractivity (Wildman–Crippen MR) is 98.0 cm³/mol. The number of nitro benzene ring substituents is 1. The summed E-state index contributed by atoms with van der Waals surface area (Å²) in [6.07, 6.45) is 0.148. The molecule has 2 N–H and O–H groups in total. The fourth-order valence-electron chi connectivity index (χ4n) is 2.78. The van der Waals surface area contributed by atoms with Crippen molar-refractivity contribution >= 4 is 17.6 Å². The summed E-state index contributed by atoms with van der Waals surface area (Å²) in [5, 5.41) is 23.2. The number of nitrogens with zero attached hydrogens (tertiary/aromatic N) is 1. The van der Waals surface area contributed by atoms with Crippen LogP contribution >= 0.6 is 0 Å². The summed E-state index contributed by atoms with van der Waals surface area (Å²) in [5.41, 5.74) is 0.674. The maximum Gasteiger partial charge on any atom is 0.308 e. The van der Waals surface area contributed by atoms with Gasteiger partial charge in [-0.15, -0.1) is 0 Å². The van der Waals surface area contributed by atoms with Gasteiger partial charge in [-0.05, 0) is 31.0 Å². The number of ether oxygens (including phenoxy) is 1. The molecule has 0 aliphatic heterocycles. The molecule has 0 aromatic heterocycles. The van der Waals surface area contributed by atoms with Crippen molar-refractivity contribution in [3.63, 3.8) is 0 Å². The average molecular weight is 372 g/mol. The standard InChI is InChI=1S/C19H20N2O6/c1-12-6-5-8-15(17(12)21(25)26)18(22)20-11-14(19(23)24)10-13-7-3-4-9-16(13)27-2/h3-9,14H,10-11H2,1-2H3,(H,20,22)(H,23,24). The van der Waals surface area contributed by atoms with Crippen molar-refractivity contribution in [3.8, 4) is 5.75 Å². The van der Waals surface area contributed by atoms with Gasteiger partial charge in [-0.25, -0.2) is 0 Å². The van der Waals surface area contributed by atoms with Gasteiger partial charge in [-0.3, -0.25) is 19.7 Å². The normalized spacial score (nSPS) is 11.5. The zero-order valence-corrected chi connectivity index (χ0v) is 15.0. The maximum absolute atomic E-state index is 12.4. The predicted octanol–water partition coefficient (Wildman–Crippen LogP) is 2.59. The van der Waals surface area contributed by atoms with Crippen molar-refractivity contribution in [1.29, 1.82) is 0 Å². The third kappa shape index (κ3) is 4.81. The molecule has 0 aliphatic carbocycles. The molecule has 142 valence electrons. The summed E-state index contributed by atoms with van der Waals surface area (Å²) in [5.74, 6) is -2.12. The molecule has 8 heteroatoms. The van der Waals surface area contributed by atoms with E-state index in [1.165, 1.54) is 26.2 Å². The highest BCUT2D eigenvalue weighted by molar-refractivity contribution is 5.98. The molecule has 0 spiro atoms. The molecule has 1 amide bonds. The summed E-state index contributed by atoms with van der Waals surface area (Å²) in [4.78, 5) is 34.6. The van der Waals surface area contributed by atoms with E-state index in [2.05, 4.69) is 5.32 Å². The zero-order chi connectivity index (χ0) is 20.0. The molecule has 2 aromatic rings. The van der Waals surface area contributed by atoms with Crippen LogP contribution in [0.3, 0.4) is 0 Å². The van der Waals surface area contributed by atoms with Gasteiger partial charge in [-0.1, -0.05) is 30.3 Å². The second kappa shape index (κ2) is 8.79. The molecule has 2 rings (SSSR count). The first-order chi connectivity index (χ1) is 12.8. The number of hydrogen-bond acceptors (Lipinski definition) is 5. The van der Waals surface area contributed by atoms with Crippen LogP contribution in [-0.2, 0) is 11.2 Å². The van der Waals surface area contributed by atoms with Gasteiger partial charge in [0.15, 0.2) is 0 Å². The number of nitrogens with one attached hydrogen (secondary N) is 1. The molecule has 1 atom stereocenters. The molecule has 8 nitrogen and oxygen atoms in total. The van der Waals surface area contributed by atoms with Gasteiger partial charge in [0.2, 0.25) is 0 Å². The number of hydrogen-bond donors (Lipinski definition) is 2. The second-order valence-corrected chi connectivity index (χ2v) is 5.99. The summed E-state index contributed by atoms with van der Waals surface area (Å²) >= 11 is 0. The lowest BCUT2D eigenvalue weighted by molar-refractivity contribution is -0.385. The first-order valence-electron chi connectivity index (χ1n) is 8.22. The van der Waals surface area contributed by atoms with Crippen LogP contribution in [-0.4, -0.2) is 35.6 Å². The van der Waals surface area contributed by atoms with Crippen LogP contribution in [0, 0.1) is 23.0 Å². The van der Waals surface area contributed by atoms with Gasteiger partial charge in [0.25, 0.3) is 11.6 Å². The zero-order valence-electron chi connectivity index (χ0n) is 15.0. The molecule has 2 aromatic carbocycles. The minimum absolute atomic E-state index is 0.0959. The smallest absolute Gasteiger partial charge is 0.308 e. The van der Waals surface area contributed by atoms with E-state index in [0.29, 0.717) is 16.9 Å². The number of amides is 1. The highest BCUT2D eigenvalue weighted by Crippen LogP contribution is 2.24. The number of carbonyl (C=O) groups is 2. The van der Waals surface area contributed by atoms with Gasteiger partial charge in [0.1, 0.15) is 11.3 Å². The highest BCUT2D eigenvalue weighted by Gasteiger charge is 2.25. The Morgan fingerprint density at radius 1 is 1.22 bits per heavy atom. The van der Waals surface area contributed by atoms with Crippen LogP contribution in [0.25, 0.3) is 0 Å². The fourth-order valence-corrected chi connectivity index (χ4v) is 2.78. The average Bonchev–Trinajstić information content (AvgIpc) is 2.64. The van der Waals surface area contributed by atoms with Crippen molar-refractivity contribution < 1.29 is 24.4 Å². The van der Waals surface area contributed by atoms with Crippen LogP contribution in [0.4, 0.5) is 5.69 Å². The number of carboxylic acid groups (broad SMARTS) is 1. The lowest BCUT2D eigenvalue weighted by Gasteiger charge is -2.15. The Morgan fingerprint density at radius 2 is 1.93 bits per heavy atom. The number of para-hydroxylation sites is 2. The molecule has 1 unspecified atom stereocenters. The number of methoxy groups -OCH3 is 1. The molecule has 0 heterocycles. The number of nitro groups is 1. The maximum atomic E-state index is 12.4. The molecule has 0 bridgehead atoms. The van der Waals surface area contributed by atoms with Crippen LogP contribution in [0.1, 0.15) is 21.5 Å². The first-order valence-corrected chi connectivity index (χ1v) is 8.22. The number of rotatable bonds is 8. The van der Waals surface area contributed by atoms with E-state index in [1.807, 2.05) is 0 Å². The van der Waals surface area contributed by atoms with E-state index in [4.69, 9.17) is 4.74 Å². The van der Waals surface area contributed by atoms with Crippen molar-refractivity contribution in [2.24, 2.45) is 5.92 Å². The number of carbonyl (C=O) groups excluding carboxylic acids is 1. The topological polar surface area (TPSA) is 119 Å². The van der Waals surface area contributed by atoms with Crippen molar-refractivity contribution in [2.45, 2.75) is 13.3 Å². The number of carboxylic acids is 1. The Balaban J connectivity index is 2.15. The summed E-state index contributed by atoms with van der Waals surface area (Å²) < 4.78 is 5.22. The van der Waals surface area contributed by atoms with Gasteiger partial charge in [0.05, 0.1) is 18.0 Å². The SMILES string of the molecule is COc1ccccc1CC(CNC(=O)c1cccc(C)c1[N+](=O)[O-])C(=O)O. The van der Waals surface area contributed by atoms with Gasteiger partial charge in [0, 0.05) is 12.1 Å². The first kappa shape index (κ1) is 19.9. The molecule has 0 saturated carbocycles. The molecule has 0 radical (unpaired) electrons. The van der Waals surface area contributed by atoms with Crippen molar-refractivity contribution in [2.75, 3.05) is 13.7 Å². The Labute approximate surface area is 155 Å². The van der Waals surface area contributed by atoms with Crippen LogP contribution in [0.15, 0.2) is 42.5 Å². The van der Waals surface area contributed by atoms with Crippen LogP contribution in [0.5, 0.6) is 5.75 Å². The number of benzene rings is 2. The van der Waals surface area contributed by atoms with Crippen molar-refractivity contribution in [1.82, 2.24) is 5.32 Å². The van der Waals surface area contributed by atoms with Crippen molar-refractivity contribution in [3.05, 3.63) is 69.3 Å². The largest absolute Gasteiger partial charge is 0.496 e. The number of aryl methyl sites for hydroxylation is 1. The highest BCUT2D eigenvalue weighted by atomic mass is 16.6. The second-order valence-electron chi connectivity index (χ2n) is 5.99. The van der Waals surface area contributed by atoms with Crippen LogP contribution < -0.4 is 10.1 Å². The Kier molecular flexibility index (Phi) is 6.48. The lowest BCUT2D eigenvalue weighted by Crippen LogP contribution is -2.34. The fraction of sp³-hybridized carbons (Fsp3) is 0.263. The Hall–Kier alpha value is -3.42. The summed E-state index contributed by atoms with van der Waals surface area (Å²) in [6.45, 7) is 1.37. The van der Waals surface area contributed by atoms with E-state index in [9.17, 15) is 24.8 Å². The van der Waals surface area contributed by atoms with E-state index < -0.39 is 22.7 Å². The molecule has 0 aliphatic rings. The summed E-state index contributed by atoms with van der Waals surface area (Å²) in [7, 11) is 1.49. The van der Waals surface area contributed by atoms with E-state index in [1.54, 1.807) is 30.3 Å². The monoisotopic (exact) mass is 372 g/mol. The molecule has 0 fully saturated rings. The lowest BCUT2D eigenvalue weighted by atomic mass is 9.98. The molecule has 0 saturated heterocycles.